The lowest BCUT2D eigenvalue weighted by Gasteiger charge is -2.35. The third kappa shape index (κ3) is 4.13. The second-order valence-corrected chi connectivity index (χ2v) is 10.0. The average Bonchev–Trinajstić information content (AvgIpc) is 3.43. The van der Waals surface area contributed by atoms with E-state index in [0.717, 1.165) is 31.1 Å². The third-order valence-electron chi connectivity index (χ3n) is 6.13. The van der Waals surface area contributed by atoms with E-state index >= 15 is 0 Å². The Kier molecular flexibility index (Phi) is 5.98. The van der Waals surface area contributed by atoms with Gasteiger partial charge < -0.3 is 9.47 Å². The summed E-state index contributed by atoms with van der Waals surface area (Å²) in [5.74, 6) is 2.38. The summed E-state index contributed by atoms with van der Waals surface area (Å²) in [5.41, 5.74) is 0.797. The van der Waals surface area contributed by atoms with Gasteiger partial charge in [0.15, 0.2) is 11.2 Å². The van der Waals surface area contributed by atoms with Crippen molar-refractivity contribution >= 4 is 28.9 Å². The molecule has 4 aromatic rings. The molecule has 1 N–H and O–H groups in total. The molecule has 1 fully saturated rings. The number of aromatic amines is 1. The maximum atomic E-state index is 12.8. The number of aromatic nitrogens is 8. The maximum Gasteiger partial charge on any atom is 0.329 e. The van der Waals surface area contributed by atoms with Crippen molar-refractivity contribution in [3.63, 3.8) is 0 Å². The Morgan fingerprint density at radius 3 is 2.59 bits per heavy atom. The highest BCUT2D eigenvalue weighted by Crippen LogP contribution is 2.28. The number of tetrazole rings is 1. The first-order valence-corrected chi connectivity index (χ1v) is 12.3. The van der Waals surface area contributed by atoms with Gasteiger partial charge in [-0.05, 0) is 40.8 Å². The normalized spacial score (nSPS) is 18.6. The zero-order chi connectivity index (χ0) is 23.8. The summed E-state index contributed by atoms with van der Waals surface area (Å²) in [7, 11) is 1.63. The number of piperidine rings is 1. The number of para-hydroxylation sites is 1. The summed E-state index contributed by atoms with van der Waals surface area (Å²) in [4.78, 5) is 34.5. The molecule has 0 saturated carbocycles. The third-order valence-corrected chi connectivity index (χ3v) is 7.03. The molecule has 4 heterocycles. The Labute approximate surface area is 199 Å². The minimum absolute atomic E-state index is 0.397. The van der Waals surface area contributed by atoms with Gasteiger partial charge in [-0.25, -0.2) is 4.79 Å². The quantitative estimate of drug-likeness (QED) is 0.413. The zero-order valence-corrected chi connectivity index (χ0v) is 20.2. The summed E-state index contributed by atoms with van der Waals surface area (Å²) < 4.78 is 5.03. The number of benzene rings is 1. The van der Waals surface area contributed by atoms with E-state index in [9.17, 15) is 9.59 Å². The minimum atomic E-state index is -0.467. The van der Waals surface area contributed by atoms with Gasteiger partial charge >= 0.3 is 5.69 Å². The van der Waals surface area contributed by atoms with Crippen LogP contribution in [0.5, 0.6) is 0 Å². The molecule has 34 heavy (non-hydrogen) atoms. The number of hydrogen-bond acceptors (Lipinski definition) is 8. The summed E-state index contributed by atoms with van der Waals surface area (Å²) in [5, 5.41) is 12.8. The van der Waals surface area contributed by atoms with E-state index in [-0.39, 0.29) is 0 Å². The van der Waals surface area contributed by atoms with Crippen molar-refractivity contribution in [1.82, 2.24) is 39.3 Å². The molecule has 1 saturated heterocycles. The van der Waals surface area contributed by atoms with Gasteiger partial charge in [0.05, 0.1) is 5.69 Å². The molecular weight excluding hydrogens is 454 g/mol. The van der Waals surface area contributed by atoms with Crippen molar-refractivity contribution in [3.8, 4) is 5.69 Å². The lowest BCUT2D eigenvalue weighted by atomic mass is 9.92. The van der Waals surface area contributed by atoms with Crippen LogP contribution >= 0.6 is 11.8 Å². The first-order chi connectivity index (χ1) is 16.4. The lowest BCUT2D eigenvalue weighted by molar-refractivity contribution is 0.352. The molecule has 0 aliphatic carbocycles. The van der Waals surface area contributed by atoms with Crippen LogP contribution in [0.1, 0.15) is 20.3 Å². The van der Waals surface area contributed by atoms with Gasteiger partial charge in [0.1, 0.15) is 0 Å². The van der Waals surface area contributed by atoms with E-state index in [2.05, 4.69) is 39.3 Å². The standard InChI is InChI=1S/C22H27N9O2S/c1-14-11-15(2)13-29(12-14)20-23-18-17(19(32)24-21(33)28(18)3)30(20)9-10-34-22-25-26-27-31(22)16-7-5-4-6-8-16/h4-8,14-15H,9-13H2,1-3H3,(H,24,32,33). The number of imidazole rings is 1. The molecule has 5 rings (SSSR count). The predicted octanol–water partition coefficient (Wildman–Crippen LogP) is 1.67. The van der Waals surface area contributed by atoms with E-state index in [0.29, 0.717) is 40.5 Å². The smallest absolute Gasteiger partial charge is 0.329 e. The van der Waals surface area contributed by atoms with Crippen molar-refractivity contribution in [2.45, 2.75) is 32.0 Å². The molecule has 178 valence electrons. The number of aryl methyl sites for hydroxylation is 2. The van der Waals surface area contributed by atoms with Crippen LogP contribution in [0, 0.1) is 11.8 Å². The lowest BCUT2D eigenvalue weighted by Crippen LogP contribution is -2.40. The van der Waals surface area contributed by atoms with Gasteiger partial charge in [0.2, 0.25) is 11.1 Å². The Morgan fingerprint density at radius 2 is 1.85 bits per heavy atom. The number of thioether (sulfide) groups is 1. The molecule has 3 aromatic heterocycles. The Balaban J connectivity index is 1.48. The van der Waals surface area contributed by atoms with Crippen LogP contribution in [-0.2, 0) is 13.6 Å². The molecule has 0 spiro atoms. The van der Waals surface area contributed by atoms with Crippen molar-refractivity contribution in [1.29, 1.82) is 0 Å². The van der Waals surface area contributed by atoms with E-state index in [4.69, 9.17) is 4.98 Å². The van der Waals surface area contributed by atoms with Crippen LogP contribution in [0.15, 0.2) is 45.1 Å². The van der Waals surface area contributed by atoms with Gasteiger partial charge in [-0.15, -0.1) is 5.10 Å². The highest BCUT2D eigenvalue weighted by molar-refractivity contribution is 7.99. The van der Waals surface area contributed by atoms with E-state index in [1.165, 1.54) is 16.3 Å². The Hall–Kier alpha value is -3.41. The van der Waals surface area contributed by atoms with Gasteiger partial charge in [0.25, 0.3) is 5.56 Å². The number of hydrogen-bond donors (Lipinski definition) is 1. The second-order valence-electron chi connectivity index (χ2n) is 8.96. The average molecular weight is 482 g/mol. The zero-order valence-electron chi connectivity index (χ0n) is 19.4. The fourth-order valence-electron chi connectivity index (χ4n) is 4.73. The maximum absolute atomic E-state index is 12.8. The number of nitrogens with one attached hydrogen (secondary N) is 1. The highest BCUT2D eigenvalue weighted by Gasteiger charge is 2.27. The van der Waals surface area contributed by atoms with Crippen LogP contribution in [0.3, 0.4) is 0 Å². The second kappa shape index (κ2) is 9.09. The SMILES string of the molecule is CC1CC(C)CN(c2nc3c(c(=O)[nH]c(=O)n3C)n2CCSc2nnnn2-c2ccccc2)C1. The molecule has 0 radical (unpaired) electrons. The van der Waals surface area contributed by atoms with Gasteiger partial charge in [-0.3, -0.25) is 14.3 Å². The fourth-order valence-corrected chi connectivity index (χ4v) is 5.55. The number of fused-ring (bicyclic) bond motifs is 1. The van der Waals surface area contributed by atoms with Crippen LogP contribution in [0.25, 0.3) is 16.9 Å². The van der Waals surface area contributed by atoms with Gasteiger partial charge in [0, 0.05) is 32.4 Å². The molecule has 1 aromatic carbocycles. The van der Waals surface area contributed by atoms with Crippen molar-refractivity contribution in [3.05, 3.63) is 51.2 Å². The first kappa shape index (κ1) is 22.4. The topological polar surface area (TPSA) is 120 Å². The largest absolute Gasteiger partial charge is 0.342 e. The van der Waals surface area contributed by atoms with Gasteiger partial charge in [-0.1, -0.05) is 43.8 Å². The van der Waals surface area contributed by atoms with Crippen molar-refractivity contribution in [2.24, 2.45) is 18.9 Å². The molecule has 1 aliphatic rings. The Bertz CT molecular complexity index is 1410. The first-order valence-electron chi connectivity index (χ1n) is 11.3. The number of anilines is 1. The summed E-state index contributed by atoms with van der Waals surface area (Å²) in [6.45, 7) is 6.70. The van der Waals surface area contributed by atoms with Crippen LogP contribution in [0.4, 0.5) is 5.95 Å². The van der Waals surface area contributed by atoms with E-state index < -0.39 is 11.2 Å². The number of nitrogens with zero attached hydrogens (tertiary/aromatic N) is 8. The van der Waals surface area contributed by atoms with E-state index in [1.807, 2.05) is 34.9 Å². The summed E-state index contributed by atoms with van der Waals surface area (Å²) >= 11 is 1.50. The van der Waals surface area contributed by atoms with Crippen molar-refractivity contribution in [2.75, 3.05) is 23.7 Å². The van der Waals surface area contributed by atoms with Gasteiger partial charge in [-0.2, -0.15) is 9.67 Å². The molecule has 2 atom stereocenters. The molecule has 12 heteroatoms. The summed E-state index contributed by atoms with van der Waals surface area (Å²) in [6.07, 6.45) is 1.16. The molecule has 0 bridgehead atoms. The van der Waals surface area contributed by atoms with Crippen LogP contribution in [-0.4, -0.2) is 58.2 Å². The number of rotatable bonds is 6. The molecule has 1 aliphatic heterocycles. The minimum Gasteiger partial charge on any atom is -0.342 e. The highest BCUT2D eigenvalue weighted by atomic mass is 32.2. The van der Waals surface area contributed by atoms with Crippen LogP contribution in [0.2, 0.25) is 0 Å². The molecular formula is C22H27N9O2S. The van der Waals surface area contributed by atoms with Crippen molar-refractivity contribution < 1.29 is 0 Å². The van der Waals surface area contributed by atoms with Crippen LogP contribution < -0.4 is 16.1 Å². The van der Waals surface area contributed by atoms with E-state index in [1.54, 1.807) is 11.7 Å². The fraction of sp³-hybridized carbons (Fsp3) is 0.455. The predicted molar refractivity (Wildman–Crippen MR) is 131 cm³/mol. The molecule has 2 unspecified atom stereocenters. The molecule has 0 amide bonds. The number of H-pyrrole nitrogens is 1. The Morgan fingerprint density at radius 1 is 1.12 bits per heavy atom. The molecule has 11 nitrogen and oxygen atoms in total. The summed E-state index contributed by atoms with van der Waals surface area (Å²) in [6, 6.07) is 9.71. The monoisotopic (exact) mass is 481 g/mol.